The monoisotopic (exact) mass is 389 g/mol. The number of nitrogens with one attached hydrogen (secondary N) is 1. The molecule has 3 aromatic carbocycles. The number of amidine groups is 1. The molecule has 0 spiro atoms. The third-order valence-electron chi connectivity index (χ3n) is 4.28. The Balaban J connectivity index is 1.67. The number of carbonyl (C=O) groups is 1. The molecule has 6 nitrogen and oxygen atoms in total. The molecule has 0 aliphatic carbocycles. The maximum Gasteiger partial charge on any atom is 0.265 e. The molecule has 3 rings (SSSR count). The van der Waals surface area contributed by atoms with Crippen molar-refractivity contribution in [1.29, 1.82) is 0 Å². The molecule has 0 saturated heterocycles. The molecule has 0 fully saturated rings. The number of hydrogen-bond acceptors (Lipinski definition) is 4. The molecular formula is C23H23N3O3. The van der Waals surface area contributed by atoms with Crippen LogP contribution in [0.1, 0.15) is 17.0 Å². The first-order valence-electron chi connectivity index (χ1n) is 9.16. The van der Waals surface area contributed by atoms with Gasteiger partial charge in [-0.1, -0.05) is 71.9 Å². The number of carbonyl (C=O) groups excluding carboxylic acids is 1. The highest BCUT2D eigenvalue weighted by Crippen LogP contribution is 2.24. The van der Waals surface area contributed by atoms with Crippen molar-refractivity contribution in [3.8, 4) is 5.75 Å². The number of oxime groups is 1. The first kappa shape index (κ1) is 19.9. The maximum atomic E-state index is 12.1. The molecule has 29 heavy (non-hydrogen) atoms. The van der Waals surface area contributed by atoms with Gasteiger partial charge in [-0.3, -0.25) is 4.79 Å². The van der Waals surface area contributed by atoms with Gasteiger partial charge in [0.1, 0.15) is 5.75 Å². The first-order chi connectivity index (χ1) is 14.2. The minimum absolute atomic E-state index is 0.256. The fourth-order valence-electron chi connectivity index (χ4n) is 2.94. The second kappa shape index (κ2) is 9.94. The minimum Gasteiger partial charge on any atom is -0.497 e. The van der Waals surface area contributed by atoms with E-state index >= 15 is 0 Å². The molecule has 3 N–H and O–H groups in total. The van der Waals surface area contributed by atoms with Gasteiger partial charge < -0.3 is 20.6 Å². The second-order valence-corrected chi connectivity index (χ2v) is 6.32. The van der Waals surface area contributed by atoms with Crippen molar-refractivity contribution < 1.29 is 14.4 Å². The quantitative estimate of drug-likeness (QED) is 0.349. The number of nitrogens with two attached hydrogens (primary N) is 1. The first-order valence-corrected chi connectivity index (χ1v) is 9.16. The summed E-state index contributed by atoms with van der Waals surface area (Å²) >= 11 is 0. The van der Waals surface area contributed by atoms with Crippen LogP contribution in [0.2, 0.25) is 0 Å². The standard InChI is InChI=1S/C23H23N3O3/c1-28-20-14-8-13-19(15-20)25-21(27)16-29-26-23(24)22(17-9-4-2-5-10-17)18-11-6-3-7-12-18/h2-15,22H,16H2,1H3,(H2,24,26)(H,25,27). The van der Waals surface area contributed by atoms with Crippen molar-refractivity contribution in [1.82, 2.24) is 0 Å². The molecule has 3 aromatic rings. The van der Waals surface area contributed by atoms with Crippen LogP contribution in [0, 0.1) is 0 Å². The molecule has 1 amide bonds. The van der Waals surface area contributed by atoms with Crippen molar-refractivity contribution in [3.63, 3.8) is 0 Å². The predicted octanol–water partition coefficient (Wildman–Crippen LogP) is 3.75. The summed E-state index contributed by atoms with van der Waals surface area (Å²) in [6.07, 6.45) is 0. The Hall–Kier alpha value is -3.80. The van der Waals surface area contributed by atoms with Gasteiger partial charge in [0.15, 0.2) is 12.4 Å². The van der Waals surface area contributed by atoms with E-state index in [1.807, 2.05) is 60.7 Å². The van der Waals surface area contributed by atoms with Gasteiger partial charge in [-0.2, -0.15) is 0 Å². The van der Waals surface area contributed by atoms with Gasteiger partial charge in [-0.05, 0) is 23.3 Å². The fourth-order valence-corrected chi connectivity index (χ4v) is 2.94. The van der Waals surface area contributed by atoms with Gasteiger partial charge in [0.25, 0.3) is 5.91 Å². The molecule has 0 saturated carbocycles. The lowest BCUT2D eigenvalue weighted by Gasteiger charge is -2.17. The molecule has 0 aliphatic rings. The maximum absolute atomic E-state index is 12.1. The molecular weight excluding hydrogens is 366 g/mol. The normalized spacial score (nSPS) is 11.2. The topological polar surface area (TPSA) is 85.9 Å². The van der Waals surface area contributed by atoms with Crippen LogP contribution in [-0.2, 0) is 9.63 Å². The van der Waals surface area contributed by atoms with Crippen molar-refractivity contribution in [2.45, 2.75) is 5.92 Å². The number of rotatable bonds is 8. The summed E-state index contributed by atoms with van der Waals surface area (Å²) in [6, 6.07) is 26.7. The van der Waals surface area contributed by atoms with Crippen molar-refractivity contribution >= 4 is 17.4 Å². The largest absolute Gasteiger partial charge is 0.497 e. The molecule has 0 atom stereocenters. The number of amides is 1. The number of nitrogens with zero attached hydrogens (tertiary/aromatic N) is 1. The van der Waals surface area contributed by atoms with E-state index in [4.69, 9.17) is 15.3 Å². The van der Waals surface area contributed by atoms with Crippen LogP contribution in [0.15, 0.2) is 90.1 Å². The Labute approximate surface area is 169 Å². The number of hydrogen-bond donors (Lipinski definition) is 2. The zero-order valence-electron chi connectivity index (χ0n) is 16.1. The summed E-state index contributed by atoms with van der Waals surface area (Å²) in [5, 5.41) is 6.73. The van der Waals surface area contributed by atoms with Gasteiger partial charge in [-0.15, -0.1) is 0 Å². The fraction of sp³-hybridized carbons (Fsp3) is 0.130. The van der Waals surface area contributed by atoms with E-state index in [2.05, 4.69) is 10.5 Å². The van der Waals surface area contributed by atoms with Gasteiger partial charge in [0.05, 0.1) is 13.0 Å². The summed E-state index contributed by atoms with van der Waals surface area (Å²) in [5.74, 6) is 0.320. The number of ether oxygens (including phenoxy) is 1. The highest BCUT2D eigenvalue weighted by Gasteiger charge is 2.19. The van der Waals surface area contributed by atoms with E-state index in [0.717, 1.165) is 11.1 Å². The summed E-state index contributed by atoms with van der Waals surface area (Å²) < 4.78 is 5.14. The van der Waals surface area contributed by atoms with E-state index in [1.54, 1.807) is 31.4 Å². The molecule has 0 heterocycles. The Morgan fingerprint density at radius 2 is 1.59 bits per heavy atom. The highest BCUT2D eigenvalue weighted by molar-refractivity contribution is 5.92. The molecule has 0 unspecified atom stereocenters. The van der Waals surface area contributed by atoms with Gasteiger partial charge in [0, 0.05) is 11.8 Å². The van der Waals surface area contributed by atoms with Crippen LogP contribution >= 0.6 is 0 Å². The molecule has 0 aliphatic heterocycles. The van der Waals surface area contributed by atoms with Crippen molar-refractivity contribution in [2.75, 3.05) is 19.0 Å². The second-order valence-electron chi connectivity index (χ2n) is 6.32. The van der Waals surface area contributed by atoms with Gasteiger partial charge in [-0.25, -0.2) is 0 Å². The molecule has 0 radical (unpaired) electrons. The predicted molar refractivity (Wildman–Crippen MR) is 114 cm³/mol. The third kappa shape index (κ3) is 5.59. The van der Waals surface area contributed by atoms with Crippen LogP contribution in [0.3, 0.4) is 0 Å². The highest BCUT2D eigenvalue weighted by atomic mass is 16.6. The molecule has 6 heteroatoms. The average molecular weight is 389 g/mol. The van der Waals surface area contributed by atoms with Crippen LogP contribution in [-0.4, -0.2) is 25.5 Å². The van der Waals surface area contributed by atoms with Crippen LogP contribution < -0.4 is 15.8 Å². The molecule has 0 aromatic heterocycles. The lowest BCUT2D eigenvalue weighted by Crippen LogP contribution is -2.24. The van der Waals surface area contributed by atoms with Crippen molar-refractivity contribution in [3.05, 3.63) is 96.1 Å². The Morgan fingerprint density at radius 1 is 0.966 bits per heavy atom. The van der Waals surface area contributed by atoms with E-state index in [-0.39, 0.29) is 24.3 Å². The number of benzene rings is 3. The number of anilines is 1. The van der Waals surface area contributed by atoms with Crippen LogP contribution in [0.4, 0.5) is 5.69 Å². The summed E-state index contributed by atoms with van der Waals surface area (Å²) in [6.45, 7) is -0.256. The van der Waals surface area contributed by atoms with Gasteiger partial charge >= 0.3 is 0 Å². The van der Waals surface area contributed by atoms with Gasteiger partial charge in [0.2, 0.25) is 0 Å². The third-order valence-corrected chi connectivity index (χ3v) is 4.28. The summed E-state index contributed by atoms with van der Waals surface area (Å²) in [7, 11) is 1.57. The summed E-state index contributed by atoms with van der Waals surface area (Å²) in [4.78, 5) is 17.3. The lowest BCUT2D eigenvalue weighted by atomic mass is 9.90. The Kier molecular flexibility index (Phi) is 6.84. The van der Waals surface area contributed by atoms with E-state index in [9.17, 15) is 4.79 Å². The van der Waals surface area contributed by atoms with Crippen LogP contribution in [0.5, 0.6) is 5.75 Å². The molecule has 148 valence electrons. The smallest absolute Gasteiger partial charge is 0.265 e. The average Bonchev–Trinajstić information content (AvgIpc) is 2.75. The van der Waals surface area contributed by atoms with E-state index in [1.165, 1.54) is 0 Å². The lowest BCUT2D eigenvalue weighted by molar-refractivity contribution is -0.120. The Bertz CT molecular complexity index is 920. The van der Waals surface area contributed by atoms with E-state index in [0.29, 0.717) is 11.4 Å². The van der Waals surface area contributed by atoms with E-state index < -0.39 is 0 Å². The zero-order valence-corrected chi connectivity index (χ0v) is 16.1. The Morgan fingerprint density at radius 3 is 2.17 bits per heavy atom. The van der Waals surface area contributed by atoms with Crippen LogP contribution in [0.25, 0.3) is 0 Å². The van der Waals surface area contributed by atoms with Crippen molar-refractivity contribution in [2.24, 2.45) is 10.9 Å². The number of methoxy groups -OCH3 is 1. The minimum atomic E-state index is -0.342. The summed E-state index contributed by atoms with van der Waals surface area (Å²) in [5.41, 5.74) is 8.83. The zero-order chi connectivity index (χ0) is 20.5. The SMILES string of the molecule is COc1cccc(NC(=O)CO/N=C(/N)C(c2ccccc2)c2ccccc2)c1. The molecule has 0 bridgehead atoms.